The lowest BCUT2D eigenvalue weighted by Crippen LogP contribution is -1.93. The molecule has 0 fully saturated rings. The van der Waals surface area contributed by atoms with Gasteiger partial charge in [-0.25, -0.2) is 0 Å². The van der Waals surface area contributed by atoms with Crippen molar-refractivity contribution in [3.63, 3.8) is 0 Å². The van der Waals surface area contributed by atoms with Crippen LogP contribution in [0.4, 0.5) is 0 Å². The van der Waals surface area contributed by atoms with Gasteiger partial charge in [-0.2, -0.15) is 0 Å². The summed E-state index contributed by atoms with van der Waals surface area (Å²) in [5.41, 5.74) is 10.8. The van der Waals surface area contributed by atoms with Crippen molar-refractivity contribution in [1.82, 2.24) is 4.98 Å². The molecule has 12 aromatic rings. The van der Waals surface area contributed by atoms with Gasteiger partial charge in [0.05, 0.1) is 5.52 Å². The van der Waals surface area contributed by atoms with Gasteiger partial charge in [-0.1, -0.05) is 176 Å². The lowest BCUT2D eigenvalue weighted by Gasteiger charge is -2.21. The van der Waals surface area contributed by atoms with Gasteiger partial charge < -0.3 is 0 Å². The van der Waals surface area contributed by atoms with E-state index in [4.69, 9.17) is 4.98 Å². The van der Waals surface area contributed by atoms with Crippen molar-refractivity contribution in [1.29, 1.82) is 0 Å². The molecule has 1 heterocycles. The summed E-state index contributed by atoms with van der Waals surface area (Å²) in [6, 6.07) is 76.2. The Bertz CT molecular complexity index is 3630. The van der Waals surface area contributed by atoms with E-state index in [0.29, 0.717) is 0 Å². The first-order valence-electron chi connectivity index (χ1n) is 20.0. The van der Waals surface area contributed by atoms with Crippen LogP contribution in [0.5, 0.6) is 0 Å². The molecule has 268 valence electrons. The minimum Gasteiger partial charge on any atom is -0.256 e. The zero-order chi connectivity index (χ0) is 38.2. The average Bonchev–Trinajstić information content (AvgIpc) is 3.29. The molecule has 0 unspecified atom stereocenters. The minimum absolute atomic E-state index is 1.03. The second kappa shape index (κ2) is 13.0. The molecule has 11 aromatic carbocycles. The fourth-order valence-corrected chi connectivity index (χ4v) is 9.51. The molecular weight excluding hydrogens is 699 g/mol. The summed E-state index contributed by atoms with van der Waals surface area (Å²) < 4.78 is 0. The van der Waals surface area contributed by atoms with Gasteiger partial charge >= 0.3 is 0 Å². The quantitative estimate of drug-likeness (QED) is 0.130. The molecule has 1 nitrogen and oxygen atoms in total. The summed E-state index contributed by atoms with van der Waals surface area (Å²) in [6.45, 7) is 0. The lowest BCUT2D eigenvalue weighted by atomic mass is 9.82. The van der Waals surface area contributed by atoms with Crippen LogP contribution in [0, 0.1) is 0 Å². The Labute approximate surface area is 336 Å². The first-order valence-corrected chi connectivity index (χ1v) is 20.0. The molecule has 0 spiro atoms. The molecule has 1 heteroatoms. The van der Waals surface area contributed by atoms with E-state index < -0.39 is 0 Å². The zero-order valence-electron chi connectivity index (χ0n) is 31.7. The Morgan fingerprint density at radius 2 is 0.741 bits per heavy atom. The van der Waals surface area contributed by atoms with Crippen LogP contribution in [-0.4, -0.2) is 4.98 Å². The molecule has 0 atom stereocenters. The van der Waals surface area contributed by atoms with E-state index >= 15 is 0 Å². The van der Waals surface area contributed by atoms with Crippen molar-refractivity contribution in [2.75, 3.05) is 0 Å². The highest BCUT2D eigenvalue weighted by Gasteiger charge is 2.20. The highest BCUT2D eigenvalue weighted by Crippen LogP contribution is 2.48. The number of benzene rings is 11. The van der Waals surface area contributed by atoms with Gasteiger partial charge in [-0.3, -0.25) is 4.98 Å². The summed E-state index contributed by atoms with van der Waals surface area (Å²) in [4.78, 5) is 4.92. The molecule has 0 saturated carbocycles. The Hall–Kier alpha value is -7.61. The van der Waals surface area contributed by atoms with Crippen molar-refractivity contribution in [3.8, 4) is 44.5 Å². The van der Waals surface area contributed by atoms with E-state index in [1.165, 1.54) is 109 Å². The Balaban J connectivity index is 1.23. The molecule has 0 aliphatic carbocycles. The molecule has 0 aliphatic rings. The summed E-state index contributed by atoms with van der Waals surface area (Å²) >= 11 is 0. The fraction of sp³-hybridized carbons (Fsp3) is 0. The third-order valence-corrected chi connectivity index (χ3v) is 12.2. The topological polar surface area (TPSA) is 12.9 Å². The third-order valence-electron chi connectivity index (χ3n) is 12.2. The molecule has 0 bridgehead atoms. The first-order chi connectivity index (χ1) is 28.7. The van der Waals surface area contributed by atoms with Gasteiger partial charge in [0, 0.05) is 17.0 Å². The van der Waals surface area contributed by atoms with E-state index in [0.717, 1.165) is 10.9 Å². The van der Waals surface area contributed by atoms with Crippen molar-refractivity contribution in [2.45, 2.75) is 0 Å². The molecule has 0 saturated heterocycles. The average molecular weight is 734 g/mol. The minimum atomic E-state index is 1.03. The molecule has 0 amide bonds. The van der Waals surface area contributed by atoms with Crippen molar-refractivity contribution in [3.05, 3.63) is 212 Å². The van der Waals surface area contributed by atoms with Crippen molar-refractivity contribution >= 4 is 75.5 Å². The van der Waals surface area contributed by atoms with E-state index in [-0.39, 0.29) is 0 Å². The third kappa shape index (κ3) is 5.14. The largest absolute Gasteiger partial charge is 0.256 e. The lowest BCUT2D eigenvalue weighted by molar-refractivity contribution is 1.43. The summed E-state index contributed by atoms with van der Waals surface area (Å²) in [7, 11) is 0. The molecule has 12 rings (SSSR count). The van der Waals surface area contributed by atoms with Crippen LogP contribution in [0.25, 0.3) is 120 Å². The van der Waals surface area contributed by atoms with E-state index in [9.17, 15) is 0 Å². The number of aromatic nitrogens is 1. The molecule has 58 heavy (non-hydrogen) atoms. The second-order valence-corrected chi connectivity index (χ2v) is 15.5. The number of nitrogens with zero attached hydrogens (tertiary/aromatic N) is 1. The Kier molecular flexibility index (Phi) is 7.30. The number of hydrogen-bond acceptors (Lipinski definition) is 1. The maximum Gasteiger partial charge on any atom is 0.0786 e. The standard InChI is InChI=1S/C57H35N/c1-3-13-41-32-45(25-21-36(41)10-1)54-51-30-28-44(49-20-8-16-39-23-24-40-17-9-31-58-57(40)56(39)49)35-53(51)55(46-26-22-37-11-2-4-14-42(37)33-46)50-29-27-43(34-52(50)54)48-19-7-15-38-12-5-6-18-47(38)48/h1-35H. The normalized spacial score (nSPS) is 11.8. The smallest absolute Gasteiger partial charge is 0.0786 e. The van der Waals surface area contributed by atoms with Crippen LogP contribution in [0.15, 0.2) is 212 Å². The highest BCUT2D eigenvalue weighted by molar-refractivity contribution is 6.24. The Morgan fingerprint density at radius 3 is 1.41 bits per heavy atom. The van der Waals surface area contributed by atoms with Gasteiger partial charge in [0.1, 0.15) is 0 Å². The summed E-state index contributed by atoms with van der Waals surface area (Å²) in [5, 5.41) is 15.9. The number of hydrogen-bond donors (Lipinski definition) is 0. The molecular formula is C57H35N. The molecule has 0 N–H and O–H groups in total. The van der Waals surface area contributed by atoms with Crippen LogP contribution >= 0.6 is 0 Å². The summed E-state index contributed by atoms with van der Waals surface area (Å²) in [5.74, 6) is 0. The second-order valence-electron chi connectivity index (χ2n) is 15.5. The number of pyridine rings is 1. The van der Waals surface area contributed by atoms with Crippen LogP contribution in [0.1, 0.15) is 0 Å². The predicted molar refractivity (Wildman–Crippen MR) is 249 cm³/mol. The van der Waals surface area contributed by atoms with Crippen LogP contribution in [0.3, 0.4) is 0 Å². The van der Waals surface area contributed by atoms with Gasteiger partial charge in [-0.05, 0) is 134 Å². The number of rotatable bonds is 4. The fourth-order valence-electron chi connectivity index (χ4n) is 9.51. The SMILES string of the molecule is c1ccc2cc(-c3c4ccc(-c5cccc6ccc7cccnc7c56)cc4c(-c4ccc5ccccc5c4)c4ccc(-c5cccc6ccccc56)cc34)ccc2c1. The maximum absolute atomic E-state index is 4.92. The van der Waals surface area contributed by atoms with Crippen LogP contribution in [-0.2, 0) is 0 Å². The van der Waals surface area contributed by atoms with Crippen LogP contribution < -0.4 is 0 Å². The van der Waals surface area contributed by atoms with Crippen molar-refractivity contribution < 1.29 is 0 Å². The van der Waals surface area contributed by atoms with Crippen molar-refractivity contribution in [2.24, 2.45) is 0 Å². The molecule has 0 aliphatic heterocycles. The van der Waals surface area contributed by atoms with Crippen LogP contribution in [0.2, 0.25) is 0 Å². The summed E-state index contributed by atoms with van der Waals surface area (Å²) in [6.07, 6.45) is 1.91. The Morgan fingerprint density at radius 1 is 0.259 bits per heavy atom. The van der Waals surface area contributed by atoms with E-state index in [1.54, 1.807) is 0 Å². The zero-order valence-corrected chi connectivity index (χ0v) is 31.7. The monoisotopic (exact) mass is 733 g/mol. The van der Waals surface area contributed by atoms with Gasteiger partial charge in [0.25, 0.3) is 0 Å². The van der Waals surface area contributed by atoms with E-state index in [1.807, 2.05) is 12.3 Å². The van der Waals surface area contributed by atoms with Gasteiger partial charge in [-0.15, -0.1) is 0 Å². The van der Waals surface area contributed by atoms with Gasteiger partial charge in [0.15, 0.2) is 0 Å². The highest BCUT2D eigenvalue weighted by atomic mass is 14.6. The van der Waals surface area contributed by atoms with Gasteiger partial charge in [0.2, 0.25) is 0 Å². The number of fused-ring (bicyclic) bond motifs is 8. The predicted octanol–water partition coefficient (Wildman–Crippen LogP) is 15.8. The van der Waals surface area contributed by atoms with E-state index in [2.05, 4.69) is 200 Å². The maximum atomic E-state index is 4.92. The molecule has 1 aromatic heterocycles. The first kappa shape index (κ1) is 32.6. The molecule has 0 radical (unpaired) electrons.